The number of anilines is 1. The number of fused-ring (bicyclic) bond motifs is 3. The Morgan fingerprint density at radius 2 is 1.94 bits per heavy atom. The van der Waals surface area contributed by atoms with Crippen molar-refractivity contribution in [3.63, 3.8) is 0 Å². The maximum absolute atomic E-state index is 12.3. The molecule has 0 aliphatic heterocycles. The van der Waals surface area contributed by atoms with Gasteiger partial charge in [0.15, 0.2) is 6.61 Å². The Labute approximate surface area is 207 Å². The molecule has 2 heterocycles. The van der Waals surface area contributed by atoms with Gasteiger partial charge in [0.2, 0.25) is 5.91 Å². The van der Waals surface area contributed by atoms with E-state index < -0.39 is 5.97 Å². The summed E-state index contributed by atoms with van der Waals surface area (Å²) in [6.45, 7) is 1.83. The average molecular weight is 491 g/mol. The molecule has 0 spiro atoms. The van der Waals surface area contributed by atoms with E-state index in [1.54, 1.807) is 11.4 Å². The Balaban J connectivity index is 1.09. The van der Waals surface area contributed by atoms with Gasteiger partial charge in [0, 0.05) is 28.4 Å². The van der Waals surface area contributed by atoms with Crippen LogP contribution in [0, 0.1) is 6.92 Å². The molecular formula is C27H26N2O5S. The maximum Gasteiger partial charge on any atom is 0.344 e. The molecule has 0 atom stereocenters. The molecule has 35 heavy (non-hydrogen) atoms. The number of carbonyl (C=O) groups excluding carboxylic acids is 2. The van der Waals surface area contributed by atoms with E-state index in [-0.39, 0.29) is 25.5 Å². The van der Waals surface area contributed by atoms with Crippen LogP contribution in [0.15, 0.2) is 52.3 Å². The Morgan fingerprint density at radius 1 is 1.11 bits per heavy atom. The molecule has 0 bridgehead atoms. The van der Waals surface area contributed by atoms with E-state index in [4.69, 9.17) is 13.9 Å². The van der Waals surface area contributed by atoms with Crippen molar-refractivity contribution in [1.29, 1.82) is 0 Å². The number of esters is 1. The lowest BCUT2D eigenvalue weighted by molar-refractivity contribution is -0.147. The Kier molecular flexibility index (Phi) is 6.81. The lowest BCUT2D eigenvalue weighted by Gasteiger charge is -2.09. The largest absolute Gasteiger partial charge is 0.482 e. The van der Waals surface area contributed by atoms with Gasteiger partial charge in [0.1, 0.15) is 28.7 Å². The molecule has 0 radical (unpaired) electrons. The summed E-state index contributed by atoms with van der Waals surface area (Å²) >= 11 is 1.36. The van der Waals surface area contributed by atoms with Crippen LogP contribution in [0.5, 0.6) is 5.75 Å². The van der Waals surface area contributed by atoms with Gasteiger partial charge in [-0.25, -0.2) is 9.78 Å². The Hall–Kier alpha value is -3.65. The van der Waals surface area contributed by atoms with Crippen LogP contribution in [0.3, 0.4) is 0 Å². The first kappa shape index (κ1) is 23.1. The number of hydrogen-bond acceptors (Lipinski definition) is 7. The van der Waals surface area contributed by atoms with Crippen molar-refractivity contribution < 1.29 is 23.5 Å². The number of rotatable bonds is 8. The summed E-state index contributed by atoms with van der Waals surface area (Å²) in [5, 5.41) is 6.37. The molecule has 5 rings (SSSR count). The number of ether oxygens (including phenoxy) is 2. The van der Waals surface area contributed by atoms with E-state index >= 15 is 0 Å². The van der Waals surface area contributed by atoms with E-state index in [0.717, 1.165) is 53.7 Å². The van der Waals surface area contributed by atoms with Crippen molar-refractivity contribution in [2.45, 2.75) is 45.6 Å². The number of thiazole rings is 1. The highest BCUT2D eigenvalue weighted by Gasteiger charge is 2.18. The Morgan fingerprint density at radius 3 is 2.80 bits per heavy atom. The van der Waals surface area contributed by atoms with Crippen LogP contribution in [0.1, 0.15) is 40.4 Å². The third-order valence-corrected chi connectivity index (χ3v) is 6.81. The van der Waals surface area contributed by atoms with Crippen molar-refractivity contribution >= 4 is 39.9 Å². The second kappa shape index (κ2) is 10.3. The second-order valence-electron chi connectivity index (χ2n) is 8.64. The van der Waals surface area contributed by atoms with Crippen LogP contribution in [-0.2, 0) is 40.2 Å². The zero-order valence-corrected chi connectivity index (χ0v) is 20.3. The minimum absolute atomic E-state index is 0.0343. The van der Waals surface area contributed by atoms with Crippen molar-refractivity contribution in [3.05, 3.63) is 75.4 Å². The van der Waals surface area contributed by atoms with Gasteiger partial charge in [-0.3, -0.25) is 4.79 Å². The van der Waals surface area contributed by atoms with Crippen LogP contribution in [0.25, 0.3) is 11.0 Å². The number of benzene rings is 2. The van der Waals surface area contributed by atoms with E-state index in [2.05, 4.69) is 10.3 Å². The Bertz CT molecular complexity index is 1360. The standard InChI is InChI=1S/C27H26N2O5S/c1-17-6-8-18(9-7-17)28-25(30)13-26-29-19(16-35-26)14-33-27(31)15-32-20-10-11-24-22(12-20)21-4-2-3-5-23(21)34-24/h6-12,16H,2-5,13-15H2,1H3,(H,28,30). The molecular weight excluding hydrogens is 464 g/mol. The minimum atomic E-state index is -0.481. The SMILES string of the molecule is Cc1ccc(NC(=O)Cc2nc(COC(=O)COc3ccc4oc5c(c4c3)CCCC5)cs2)cc1. The molecule has 0 fully saturated rings. The van der Waals surface area contributed by atoms with E-state index in [1.165, 1.54) is 16.9 Å². The molecule has 1 amide bonds. The summed E-state index contributed by atoms with van der Waals surface area (Å²) < 4.78 is 16.9. The number of carbonyl (C=O) groups is 2. The topological polar surface area (TPSA) is 90.7 Å². The van der Waals surface area contributed by atoms with Gasteiger partial charge in [0.25, 0.3) is 0 Å². The van der Waals surface area contributed by atoms with E-state index in [0.29, 0.717) is 16.5 Å². The zero-order valence-electron chi connectivity index (χ0n) is 19.5. The highest BCUT2D eigenvalue weighted by molar-refractivity contribution is 7.09. The summed E-state index contributed by atoms with van der Waals surface area (Å²) in [5.74, 6) is 1.05. The van der Waals surface area contributed by atoms with Crippen LogP contribution in [-0.4, -0.2) is 23.5 Å². The quantitative estimate of drug-likeness (QED) is 0.334. The van der Waals surface area contributed by atoms with Crippen LogP contribution in [0.2, 0.25) is 0 Å². The molecule has 2 aromatic carbocycles. The van der Waals surface area contributed by atoms with Gasteiger partial charge in [-0.1, -0.05) is 17.7 Å². The highest BCUT2D eigenvalue weighted by atomic mass is 32.1. The van der Waals surface area contributed by atoms with E-state index in [1.807, 2.05) is 43.3 Å². The van der Waals surface area contributed by atoms with E-state index in [9.17, 15) is 9.59 Å². The third kappa shape index (κ3) is 5.71. The van der Waals surface area contributed by atoms with Crippen molar-refractivity contribution in [2.75, 3.05) is 11.9 Å². The van der Waals surface area contributed by atoms with Crippen LogP contribution in [0.4, 0.5) is 5.69 Å². The van der Waals surface area contributed by atoms with Gasteiger partial charge in [0.05, 0.1) is 12.1 Å². The summed E-state index contributed by atoms with van der Waals surface area (Å²) in [7, 11) is 0. The molecule has 4 aromatic rings. The first-order valence-corrected chi connectivity index (χ1v) is 12.5. The zero-order chi connectivity index (χ0) is 24.2. The van der Waals surface area contributed by atoms with Crippen molar-refractivity contribution in [1.82, 2.24) is 4.98 Å². The van der Waals surface area contributed by atoms with Gasteiger partial charge in [-0.05, 0) is 56.5 Å². The fourth-order valence-corrected chi connectivity index (χ4v) is 4.92. The molecule has 1 N–H and O–H groups in total. The maximum atomic E-state index is 12.3. The molecule has 7 nitrogen and oxygen atoms in total. The number of aromatic nitrogens is 1. The average Bonchev–Trinajstić information content (AvgIpc) is 3.46. The fourth-order valence-electron chi connectivity index (χ4n) is 4.15. The third-order valence-electron chi connectivity index (χ3n) is 5.91. The minimum Gasteiger partial charge on any atom is -0.482 e. The number of aryl methyl sites for hydroxylation is 3. The normalized spacial score (nSPS) is 12.8. The van der Waals surface area contributed by atoms with Crippen molar-refractivity contribution in [2.24, 2.45) is 0 Å². The highest BCUT2D eigenvalue weighted by Crippen LogP contribution is 2.34. The van der Waals surface area contributed by atoms with Crippen LogP contribution >= 0.6 is 11.3 Å². The smallest absolute Gasteiger partial charge is 0.344 e. The summed E-state index contributed by atoms with van der Waals surface area (Å²) in [6.07, 6.45) is 4.47. The molecule has 1 aliphatic rings. The molecule has 1 aliphatic carbocycles. The number of nitrogens with one attached hydrogen (secondary N) is 1. The monoisotopic (exact) mass is 490 g/mol. The molecule has 0 saturated heterocycles. The molecule has 180 valence electrons. The second-order valence-corrected chi connectivity index (χ2v) is 9.58. The number of amides is 1. The molecule has 0 saturated carbocycles. The van der Waals surface area contributed by atoms with Gasteiger partial charge >= 0.3 is 5.97 Å². The first-order valence-electron chi connectivity index (χ1n) is 11.7. The molecule has 8 heteroatoms. The first-order chi connectivity index (χ1) is 17.0. The van der Waals surface area contributed by atoms with Gasteiger partial charge in [-0.2, -0.15) is 0 Å². The summed E-state index contributed by atoms with van der Waals surface area (Å²) in [6, 6.07) is 13.2. The predicted molar refractivity (Wildman–Crippen MR) is 134 cm³/mol. The van der Waals surface area contributed by atoms with Gasteiger partial charge < -0.3 is 19.2 Å². The van der Waals surface area contributed by atoms with Gasteiger partial charge in [-0.15, -0.1) is 11.3 Å². The molecule has 0 unspecified atom stereocenters. The fraction of sp³-hybridized carbons (Fsp3) is 0.296. The van der Waals surface area contributed by atoms with Crippen LogP contribution < -0.4 is 10.1 Å². The summed E-state index contributed by atoms with van der Waals surface area (Å²) in [4.78, 5) is 28.8. The summed E-state index contributed by atoms with van der Waals surface area (Å²) in [5.41, 5.74) is 4.60. The predicted octanol–water partition coefficient (Wildman–Crippen LogP) is 5.38. The molecule has 2 aromatic heterocycles. The lowest BCUT2D eigenvalue weighted by atomic mass is 9.96. The van der Waals surface area contributed by atoms with Crippen molar-refractivity contribution in [3.8, 4) is 5.75 Å². The number of hydrogen-bond donors (Lipinski definition) is 1. The number of furan rings is 1. The number of nitrogens with zero attached hydrogens (tertiary/aromatic N) is 1. The lowest BCUT2D eigenvalue weighted by Crippen LogP contribution is -2.15.